The third-order valence-corrected chi connectivity index (χ3v) is 4.02. The smallest absolute Gasteiger partial charge is 0.408 e. The Morgan fingerprint density at radius 1 is 1.42 bits per heavy atom. The number of rotatable bonds is 4. The van der Waals surface area contributed by atoms with Gasteiger partial charge in [0.1, 0.15) is 0 Å². The first-order valence-corrected chi connectivity index (χ1v) is 6.54. The van der Waals surface area contributed by atoms with E-state index in [1.807, 2.05) is 12.1 Å². The predicted octanol–water partition coefficient (Wildman–Crippen LogP) is 1.14. The Bertz CT molecular complexity index is 652. The van der Waals surface area contributed by atoms with E-state index in [1.54, 1.807) is 7.05 Å². The fraction of sp³-hybridized carbons (Fsp3) is 0.500. The molecule has 0 saturated carbocycles. The van der Waals surface area contributed by atoms with Crippen LogP contribution >= 0.6 is 0 Å². The minimum Gasteiger partial charge on any atom is -0.408 e. The van der Waals surface area contributed by atoms with Crippen molar-refractivity contribution in [3.63, 3.8) is 0 Å². The fourth-order valence-electron chi connectivity index (χ4n) is 2.71. The van der Waals surface area contributed by atoms with E-state index in [-0.39, 0.29) is 11.2 Å². The van der Waals surface area contributed by atoms with Crippen molar-refractivity contribution < 1.29 is 9.15 Å². The minimum absolute atomic E-state index is 0.0436. The molecule has 102 valence electrons. The maximum absolute atomic E-state index is 11.5. The highest BCUT2D eigenvalue weighted by atomic mass is 16.5. The number of ether oxygens (including phenoxy) is 1. The van der Waals surface area contributed by atoms with Crippen molar-refractivity contribution in [3.8, 4) is 0 Å². The van der Waals surface area contributed by atoms with Crippen molar-refractivity contribution in [2.45, 2.75) is 18.3 Å². The predicted molar refractivity (Wildman–Crippen MR) is 72.2 cm³/mol. The molecule has 1 saturated heterocycles. The lowest BCUT2D eigenvalue weighted by molar-refractivity contribution is -0.0648. The standard InChI is InChI=1S/C14H18N2O3/c1-16-11-4-3-10(7-12(11)19-13(16)17)14(5-2-6-15)8-18-9-14/h3-4,7H,2,5-6,8-9,15H2,1H3. The highest BCUT2D eigenvalue weighted by Gasteiger charge is 2.39. The molecule has 0 bridgehead atoms. The van der Waals surface area contributed by atoms with Crippen LogP contribution in [-0.4, -0.2) is 24.3 Å². The average Bonchev–Trinajstić information content (AvgIpc) is 2.64. The first-order chi connectivity index (χ1) is 9.16. The first kappa shape index (κ1) is 12.4. The second kappa shape index (κ2) is 4.51. The number of hydrogen-bond acceptors (Lipinski definition) is 4. The van der Waals surface area contributed by atoms with Gasteiger partial charge < -0.3 is 14.9 Å². The molecule has 0 amide bonds. The quantitative estimate of drug-likeness (QED) is 0.897. The monoisotopic (exact) mass is 262 g/mol. The van der Waals surface area contributed by atoms with Gasteiger partial charge in [-0.25, -0.2) is 4.79 Å². The Kier molecular flexibility index (Phi) is 2.95. The summed E-state index contributed by atoms with van der Waals surface area (Å²) >= 11 is 0. The van der Waals surface area contributed by atoms with Crippen LogP contribution in [-0.2, 0) is 17.2 Å². The molecule has 19 heavy (non-hydrogen) atoms. The summed E-state index contributed by atoms with van der Waals surface area (Å²) in [6.07, 6.45) is 1.98. The van der Waals surface area contributed by atoms with Crippen LogP contribution in [0.3, 0.4) is 0 Å². The summed E-state index contributed by atoms with van der Waals surface area (Å²) in [5.41, 5.74) is 8.29. The number of hydrogen-bond donors (Lipinski definition) is 1. The zero-order chi connectivity index (χ0) is 13.5. The molecular formula is C14H18N2O3. The van der Waals surface area contributed by atoms with Crippen molar-refractivity contribution in [1.29, 1.82) is 0 Å². The van der Waals surface area contributed by atoms with Crippen LogP contribution in [0.15, 0.2) is 27.4 Å². The topological polar surface area (TPSA) is 70.4 Å². The molecule has 0 atom stereocenters. The lowest BCUT2D eigenvalue weighted by atomic mass is 9.75. The Hall–Kier alpha value is -1.59. The van der Waals surface area contributed by atoms with Crippen LogP contribution < -0.4 is 11.5 Å². The van der Waals surface area contributed by atoms with E-state index in [1.165, 1.54) is 10.1 Å². The highest BCUT2D eigenvalue weighted by Crippen LogP contribution is 2.37. The van der Waals surface area contributed by atoms with Crippen molar-refractivity contribution in [2.75, 3.05) is 19.8 Å². The van der Waals surface area contributed by atoms with Crippen molar-refractivity contribution in [3.05, 3.63) is 34.3 Å². The van der Waals surface area contributed by atoms with Gasteiger partial charge in [-0.1, -0.05) is 6.07 Å². The number of benzene rings is 1. The third kappa shape index (κ3) is 1.89. The summed E-state index contributed by atoms with van der Waals surface area (Å²) in [4.78, 5) is 11.5. The molecule has 1 aromatic carbocycles. The molecule has 0 unspecified atom stereocenters. The van der Waals surface area contributed by atoms with Crippen LogP contribution in [0.4, 0.5) is 0 Å². The van der Waals surface area contributed by atoms with Crippen LogP contribution in [0.2, 0.25) is 0 Å². The average molecular weight is 262 g/mol. The van der Waals surface area contributed by atoms with Crippen molar-refractivity contribution in [1.82, 2.24) is 4.57 Å². The van der Waals surface area contributed by atoms with E-state index in [4.69, 9.17) is 14.9 Å². The van der Waals surface area contributed by atoms with Crippen molar-refractivity contribution >= 4 is 11.1 Å². The molecule has 1 aliphatic rings. The SMILES string of the molecule is Cn1c(=O)oc2cc(C3(CCCN)COC3)ccc21. The summed E-state index contributed by atoms with van der Waals surface area (Å²) in [6, 6.07) is 5.98. The zero-order valence-electron chi connectivity index (χ0n) is 11.0. The molecule has 3 rings (SSSR count). The number of oxazole rings is 1. The van der Waals surface area contributed by atoms with Gasteiger partial charge in [0.25, 0.3) is 0 Å². The molecule has 0 radical (unpaired) electrons. The Balaban J connectivity index is 2.02. The highest BCUT2D eigenvalue weighted by molar-refractivity contribution is 5.74. The molecule has 1 aromatic heterocycles. The summed E-state index contributed by atoms with van der Waals surface area (Å²) in [7, 11) is 1.71. The number of nitrogens with two attached hydrogens (primary N) is 1. The maximum atomic E-state index is 11.5. The van der Waals surface area contributed by atoms with Crippen LogP contribution in [0.1, 0.15) is 18.4 Å². The molecule has 2 N–H and O–H groups in total. The normalized spacial score (nSPS) is 17.6. The molecule has 5 nitrogen and oxygen atoms in total. The second-order valence-electron chi connectivity index (χ2n) is 5.27. The Morgan fingerprint density at radius 3 is 2.84 bits per heavy atom. The number of aromatic nitrogens is 1. The van der Waals surface area contributed by atoms with Gasteiger partial charge in [0.15, 0.2) is 5.58 Å². The summed E-state index contributed by atoms with van der Waals surface area (Å²) in [5, 5.41) is 0. The molecule has 0 aliphatic carbocycles. The van der Waals surface area contributed by atoms with E-state index in [2.05, 4.69) is 6.07 Å². The maximum Gasteiger partial charge on any atom is 0.419 e. The summed E-state index contributed by atoms with van der Waals surface area (Å²) in [6.45, 7) is 2.12. The minimum atomic E-state index is -0.326. The molecular weight excluding hydrogens is 244 g/mol. The number of aryl methyl sites for hydroxylation is 1. The van der Waals surface area contributed by atoms with Crippen LogP contribution in [0.5, 0.6) is 0 Å². The lowest BCUT2D eigenvalue weighted by Gasteiger charge is -2.42. The van der Waals surface area contributed by atoms with E-state index >= 15 is 0 Å². The molecule has 0 spiro atoms. The first-order valence-electron chi connectivity index (χ1n) is 6.54. The van der Waals surface area contributed by atoms with E-state index in [0.717, 1.165) is 31.6 Å². The third-order valence-electron chi connectivity index (χ3n) is 4.02. The Morgan fingerprint density at radius 2 is 2.21 bits per heavy atom. The van der Waals surface area contributed by atoms with Crippen LogP contribution in [0.25, 0.3) is 11.1 Å². The van der Waals surface area contributed by atoms with Gasteiger partial charge >= 0.3 is 5.76 Å². The lowest BCUT2D eigenvalue weighted by Crippen LogP contribution is -2.47. The summed E-state index contributed by atoms with van der Waals surface area (Å²) < 4.78 is 12.2. The fourth-order valence-corrected chi connectivity index (χ4v) is 2.71. The summed E-state index contributed by atoms with van der Waals surface area (Å²) in [5.74, 6) is -0.326. The van der Waals surface area contributed by atoms with Gasteiger partial charge in [0, 0.05) is 12.5 Å². The molecule has 1 aliphatic heterocycles. The van der Waals surface area contributed by atoms with Gasteiger partial charge in [-0.2, -0.15) is 0 Å². The van der Waals surface area contributed by atoms with E-state index in [9.17, 15) is 4.79 Å². The largest absolute Gasteiger partial charge is 0.419 e. The molecule has 5 heteroatoms. The molecule has 1 fully saturated rings. The molecule has 2 aromatic rings. The van der Waals surface area contributed by atoms with Gasteiger partial charge in [0.05, 0.1) is 18.7 Å². The van der Waals surface area contributed by atoms with Crippen LogP contribution in [0, 0.1) is 0 Å². The van der Waals surface area contributed by atoms with Gasteiger partial charge in [-0.15, -0.1) is 0 Å². The Labute approximate surface area is 111 Å². The molecule has 2 heterocycles. The van der Waals surface area contributed by atoms with Gasteiger partial charge in [0.2, 0.25) is 0 Å². The second-order valence-corrected chi connectivity index (χ2v) is 5.27. The number of nitrogens with zero attached hydrogens (tertiary/aromatic N) is 1. The zero-order valence-corrected chi connectivity index (χ0v) is 11.0. The van der Waals surface area contributed by atoms with Gasteiger partial charge in [-0.3, -0.25) is 4.57 Å². The number of fused-ring (bicyclic) bond motifs is 1. The van der Waals surface area contributed by atoms with Gasteiger partial charge in [-0.05, 0) is 37.1 Å². The van der Waals surface area contributed by atoms with Crippen molar-refractivity contribution in [2.24, 2.45) is 12.8 Å². The van der Waals surface area contributed by atoms with E-state index in [0.29, 0.717) is 12.1 Å². The van der Waals surface area contributed by atoms with E-state index < -0.39 is 0 Å².